The van der Waals surface area contributed by atoms with Gasteiger partial charge >= 0.3 is 12.1 Å². The van der Waals surface area contributed by atoms with Crippen molar-refractivity contribution in [1.29, 1.82) is 0 Å². The first-order valence-corrected chi connectivity index (χ1v) is 6.32. The van der Waals surface area contributed by atoms with E-state index in [-0.39, 0.29) is 12.4 Å². The van der Waals surface area contributed by atoms with Gasteiger partial charge in [0.25, 0.3) is 0 Å². The summed E-state index contributed by atoms with van der Waals surface area (Å²) in [5.74, 6) is -1.73. The van der Waals surface area contributed by atoms with Gasteiger partial charge in [-0.1, -0.05) is 25.5 Å². The highest BCUT2D eigenvalue weighted by Gasteiger charge is 2.44. The van der Waals surface area contributed by atoms with Crippen molar-refractivity contribution in [1.82, 2.24) is 0 Å². The standard InChI is InChI=1S/C14H18F2O3/c1-3-5-6-11-7-9-12(10-8-11)19-14(15,16)13(17)18-4-2/h7-10H,3-6H2,1-2H3. The van der Waals surface area contributed by atoms with Crippen molar-refractivity contribution in [2.75, 3.05) is 6.61 Å². The topological polar surface area (TPSA) is 35.5 Å². The third kappa shape index (κ3) is 4.85. The van der Waals surface area contributed by atoms with Gasteiger partial charge in [0.15, 0.2) is 0 Å². The first kappa shape index (κ1) is 15.4. The summed E-state index contributed by atoms with van der Waals surface area (Å²) in [6.45, 7) is 3.42. The molecule has 0 spiro atoms. The van der Waals surface area contributed by atoms with Crippen molar-refractivity contribution < 1.29 is 23.0 Å². The van der Waals surface area contributed by atoms with Gasteiger partial charge < -0.3 is 9.47 Å². The molecule has 0 amide bonds. The van der Waals surface area contributed by atoms with Crippen LogP contribution in [0.3, 0.4) is 0 Å². The van der Waals surface area contributed by atoms with Crippen LogP contribution in [0.2, 0.25) is 0 Å². The lowest BCUT2D eigenvalue weighted by Gasteiger charge is -2.16. The molecule has 1 aromatic carbocycles. The highest BCUT2D eigenvalue weighted by atomic mass is 19.3. The lowest BCUT2D eigenvalue weighted by Crippen LogP contribution is -2.36. The van der Waals surface area contributed by atoms with E-state index in [4.69, 9.17) is 0 Å². The summed E-state index contributed by atoms with van der Waals surface area (Å²) < 4.78 is 35.2. The van der Waals surface area contributed by atoms with Crippen LogP contribution in [-0.4, -0.2) is 18.7 Å². The third-order valence-electron chi connectivity index (χ3n) is 2.50. The molecular weight excluding hydrogens is 254 g/mol. The largest absolute Gasteiger partial charge is 0.502 e. The molecular formula is C14H18F2O3. The Kier molecular flexibility index (Phi) is 5.73. The number of aryl methyl sites for hydroxylation is 1. The van der Waals surface area contributed by atoms with E-state index in [1.165, 1.54) is 19.1 Å². The fourth-order valence-corrected chi connectivity index (χ4v) is 1.51. The van der Waals surface area contributed by atoms with Crippen molar-refractivity contribution in [3.05, 3.63) is 29.8 Å². The molecule has 0 saturated heterocycles. The van der Waals surface area contributed by atoms with E-state index in [0.717, 1.165) is 24.8 Å². The normalized spacial score (nSPS) is 11.2. The monoisotopic (exact) mass is 272 g/mol. The molecule has 0 bridgehead atoms. The minimum absolute atomic E-state index is 0.0571. The summed E-state index contributed by atoms with van der Waals surface area (Å²) in [6.07, 6.45) is -0.954. The first-order valence-electron chi connectivity index (χ1n) is 6.32. The van der Waals surface area contributed by atoms with Crippen molar-refractivity contribution in [3.8, 4) is 5.75 Å². The smallest absolute Gasteiger partial charge is 0.459 e. The van der Waals surface area contributed by atoms with Crippen LogP contribution < -0.4 is 4.74 Å². The number of unbranched alkanes of at least 4 members (excludes halogenated alkanes) is 1. The SMILES string of the molecule is CCCCc1ccc(OC(F)(F)C(=O)OCC)cc1. The second-order valence-corrected chi connectivity index (χ2v) is 4.09. The Morgan fingerprint density at radius 1 is 1.21 bits per heavy atom. The minimum atomic E-state index is -3.96. The van der Waals surface area contributed by atoms with Gasteiger partial charge in [-0.05, 0) is 37.5 Å². The Bertz CT molecular complexity index is 402. The lowest BCUT2D eigenvalue weighted by atomic mass is 10.1. The molecule has 0 fully saturated rings. The van der Waals surface area contributed by atoms with Crippen LogP contribution in [-0.2, 0) is 16.0 Å². The van der Waals surface area contributed by atoms with Crippen molar-refractivity contribution in [2.45, 2.75) is 39.2 Å². The molecule has 3 nitrogen and oxygen atoms in total. The number of halogens is 2. The van der Waals surface area contributed by atoms with Crippen LogP contribution in [0.5, 0.6) is 5.75 Å². The van der Waals surface area contributed by atoms with Crippen LogP contribution in [0.4, 0.5) is 8.78 Å². The molecule has 1 aromatic rings. The summed E-state index contributed by atoms with van der Waals surface area (Å²) >= 11 is 0. The quantitative estimate of drug-likeness (QED) is 0.712. The lowest BCUT2D eigenvalue weighted by molar-refractivity contribution is -0.216. The van der Waals surface area contributed by atoms with E-state index in [0.29, 0.717) is 0 Å². The molecule has 19 heavy (non-hydrogen) atoms. The number of hydrogen-bond acceptors (Lipinski definition) is 3. The Labute approximate surface area is 111 Å². The Morgan fingerprint density at radius 3 is 2.37 bits per heavy atom. The molecule has 5 heteroatoms. The van der Waals surface area contributed by atoms with Gasteiger partial charge in [0, 0.05) is 0 Å². The molecule has 0 aliphatic rings. The van der Waals surface area contributed by atoms with E-state index in [1.807, 2.05) is 0 Å². The fourth-order valence-electron chi connectivity index (χ4n) is 1.51. The van der Waals surface area contributed by atoms with Crippen molar-refractivity contribution in [2.24, 2.45) is 0 Å². The maximum Gasteiger partial charge on any atom is 0.502 e. The predicted octanol–water partition coefficient (Wildman–Crippen LogP) is 3.56. The highest BCUT2D eigenvalue weighted by molar-refractivity contribution is 5.76. The van der Waals surface area contributed by atoms with Gasteiger partial charge in [-0.2, -0.15) is 8.78 Å². The van der Waals surface area contributed by atoms with Crippen LogP contribution in [0.15, 0.2) is 24.3 Å². The molecule has 1 rings (SSSR count). The number of carbonyl (C=O) groups excluding carboxylic acids is 1. The third-order valence-corrected chi connectivity index (χ3v) is 2.50. The second-order valence-electron chi connectivity index (χ2n) is 4.09. The number of ether oxygens (including phenoxy) is 2. The molecule has 0 unspecified atom stereocenters. The number of carbonyl (C=O) groups is 1. The van der Waals surface area contributed by atoms with Crippen LogP contribution in [0, 0.1) is 0 Å². The van der Waals surface area contributed by atoms with Gasteiger partial charge in [0.2, 0.25) is 0 Å². The Hall–Kier alpha value is -1.65. The van der Waals surface area contributed by atoms with Gasteiger partial charge in [-0.25, -0.2) is 4.79 Å². The van der Waals surface area contributed by atoms with E-state index in [2.05, 4.69) is 16.4 Å². The average molecular weight is 272 g/mol. The van der Waals surface area contributed by atoms with E-state index in [1.54, 1.807) is 12.1 Å². The van der Waals surface area contributed by atoms with Gasteiger partial charge in [-0.3, -0.25) is 0 Å². The average Bonchev–Trinajstić information content (AvgIpc) is 2.38. The van der Waals surface area contributed by atoms with Crippen molar-refractivity contribution >= 4 is 5.97 Å². The van der Waals surface area contributed by atoms with Crippen molar-refractivity contribution in [3.63, 3.8) is 0 Å². The summed E-state index contributed by atoms with van der Waals surface area (Å²) in [7, 11) is 0. The number of esters is 1. The fraction of sp³-hybridized carbons (Fsp3) is 0.500. The molecule has 0 heterocycles. The molecule has 106 valence electrons. The zero-order chi connectivity index (χ0) is 14.3. The number of hydrogen-bond donors (Lipinski definition) is 0. The number of alkyl halides is 2. The number of benzene rings is 1. The van der Waals surface area contributed by atoms with E-state index >= 15 is 0 Å². The molecule has 0 atom stereocenters. The molecule has 0 aliphatic heterocycles. The van der Waals surface area contributed by atoms with Gasteiger partial charge in [0.05, 0.1) is 6.61 Å². The molecule has 0 N–H and O–H groups in total. The molecule has 0 saturated carbocycles. The summed E-state index contributed by atoms with van der Waals surface area (Å²) in [4.78, 5) is 11.0. The zero-order valence-electron chi connectivity index (χ0n) is 11.1. The van der Waals surface area contributed by atoms with Crippen LogP contribution in [0.1, 0.15) is 32.3 Å². The van der Waals surface area contributed by atoms with Gasteiger partial charge in [-0.15, -0.1) is 0 Å². The Balaban J connectivity index is 2.64. The summed E-state index contributed by atoms with van der Waals surface area (Å²) in [5.41, 5.74) is 1.05. The van der Waals surface area contributed by atoms with Gasteiger partial charge in [0.1, 0.15) is 5.75 Å². The molecule has 0 aliphatic carbocycles. The maximum atomic E-state index is 13.3. The highest BCUT2D eigenvalue weighted by Crippen LogP contribution is 2.23. The molecule has 0 radical (unpaired) electrons. The second kappa shape index (κ2) is 7.07. The predicted molar refractivity (Wildman–Crippen MR) is 67.3 cm³/mol. The van der Waals surface area contributed by atoms with E-state index in [9.17, 15) is 13.6 Å². The zero-order valence-corrected chi connectivity index (χ0v) is 11.1. The first-order chi connectivity index (χ1) is 8.99. The minimum Gasteiger partial charge on any atom is -0.459 e. The summed E-state index contributed by atoms with van der Waals surface area (Å²) in [6, 6.07) is 6.29. The van der Waals surface area contributed by atoms with Crippen LogP contribution in [0.25, 0.3) is 0 Å². The Morgan fingerprint density at radius 2 is 1.84 bits per heavy atom. The van der Waals surface area contributed by atoms with Crippen LogP contribution >= 0.6 is 0 Å². The summed E-state index contributed by atoms with van der Waals surface area (Å²) in [5, 5.41) is 0. The van der Waals surface area contributed by atoms with E-state index < -0.39 is 12.1 Å². The number of rotatable bonds is 7. The maximum absolute atomic E-state index is 13.3. The molecule has 0 aromatic heterocycles.